The van der Waals surface area contributed by atoms with E-state index < -0.39 is 0 Å². The molecule has 0 atom stereocenters. The van der Waals surface area contributed by atoms with Gasteiger partial charge in [-0.25, -0.2) is 0 Å². The third kappa shape index (κ3) is 4.17. The first-order chi connectivity index (χ1) is 11.7. The van der Waals surface area contributed by atoms with Crippen LogP contribution in [0.3, 0.4) is 0 Å². The second kappa shape index (κ2) is 7.70. The second-order valence-electron chi connectivity index (χ2n) is 5.07. The molecule has 0 spiro atoms. The Kier molecular flexibility index (Phi) is 5.18. The molecule has 0 aliphatic heterocycles. The van der Waals surface area contributed by atoms with Crippen molar-refractivity contribution in [2.45, 2.75) is 13.3 Å². The molecule has 1 amide bonds. The fourth-order valence-electron chi connectivity index (χ4n) is 2.18. The zero-order valence-corrected chi connectivity index (χ0v) is 14.0. The van der Waals surface area contributed by atoms with E-state index in [4.69, 9.17) is 4.74 Å². The molecule has 0 saturated heterocycles. The van der Waals surface area contributed by atoms with E-state index >= 15 is 0 Å². The van der Waals surface area contributed by atoms with E-state index in [1.165, 1.54) is 11.3 Å². The van der Waals surface area contributed by atoms with Crippen LogP contribution in [0, 0.1) is 0 Å². The van der Waals surface area contributed by atoms with Gasteiger partial charge in [-0.1, -0.05) is 41.7 Å². The number of anilines is 1. The van der Waals surface area contributed by atoms with E-state index in [0.29, 0.717) is 23.7 Å². The lowest BCUT2D eigenvalue weighted by molar-refractivity contribution is 0.102. The minimum atomic E-state index is -0.208. The number of benzene rings is 2. The topological polar surface area (TPSA) is 64.1 Å². The van der Waals surface area contributed by atoms with Crippen LogP contribution in [0.25, 0.3) is 0 Å². The van der Waals surface area contributed by atoms with Crippen LogP contribution in [0.15, 0.2) is 54.6 Å². The molecule has 1 aromatic heterocycles. The fourth-order valence-corrected chi connectivity index (χ4v) is 2.95. The largest absolute Gasteiger partial charge is 0.494 e. The summed E-state index contributed by atoms with van der Waals surface area (Å²) in [6, 6.07) is 17.1. The molecule has 0 unspecified atom stereocenters. The molecule has 0 bridgehead atoms. The Morgan fingerprint density at radius 3 is 2.54 bits per heavy atom. The Morgan fingerprint density at radius 2 is 1.83 bits per heavy atom. The summed E-state index contributed by atoms with van der Waals surface area (Å²) in [6.07, 6.45) is 0.706. The number of nitrogens with one attached hydrogen (secondary N) is 1. The summed E-state index contributed by atoms with van der Waals surface area (Å²) < 4.78 is 5.37. The van der Waals surface area contributed by atoms with Crippen LogP contribution < -0.4 is 10.1 Å². The van der Waals surface area contributed by atoms with Gasteiger partial charge in [0.25, 0.3) is 5.91 Å². The number of carbonyl (C=O) groups is 1. The van der Waals surface area contributed by atoms with Crippen LogP contribution in [0.4, 0.5) is 5.13 Å². The summed E-state index contributed by atoms with van der Waals surface area (Å²) in [4.78, 5) is 12.2. The zero-order valence-electron chi connectivity index (χ0n) is 13.2. The molecule has 1 heterocycles. The molecule has 24 heavy (non-hydrogen) atoms. The van der Waals surface area contributed by atoms with Crippen LogP contribution in [-0.4, -0.2) is 22.7 Å². The summed E-state index contributed by atoms with van der Waals surface area (Å²) in [7, 11) is 0. The van der Waals surface area contributed by atoms with Gasteiger partial charge < -0.3 is 4.74 Å². The van der Waals surface area contributed by atoms with Crippen molar-refractivity contribution in [1.29, 1.82) is 0 Å². The quantitative estimate of drug-likeness (QED) is 0.742. The van der Waals surface area contributed by atoms with Gasteiger partial charge in [-0.05, 0) is 36.8 Å². The predicted octanol–water partition coefficient (Wildman–Crippen LogP) is 3.78. The molecule has 3 aromatic rings. The predicted molar refractivity (Wildman–Crippen MR) is 94.7 cm³/mol. The van der Waals surface area contributed by atoms with Crippen LogP contribution in [0.2, 0.25) is 0 Å². The summed E-state index contributed by atoms with van der Waals surface area (Å²) in [6.45, 7) is 2.52. The second-order valence-corrected chi connectivity index (χ2v) is 6.14. The first-order valence-electron chi connectivity index (χ1n) is 7.65. The number of carbonyl (C=O) groups excluding carboxylic acids is 1. The van der Waals surface area contributed by atoms with Crippen molar-refractivity contribution >= 4 is 22.4 Å². The van der Waals surface area contributed by atoms with E-state index in [9.17, 15) is 4.79 Å². The maximum absolute atomic E-state index is 12.2. The zero-order chi connectivity index (χ0) is 16.8. The van der Waals surface area contributed by atoms with Gasteiger partial charge in [0.1, 0.15) is 10.8 Å². The third-order valence-electron chi connectivity index (χ3n) is 3.31. The summed E-state index contributed by atoms with van der Waals surface area (Å²) in [5, 5.41) is 12.3. The molecular formula is C18H17N3O2S. The highest BCUT2D eigenvalue weighted by atomic mass is 32.1. The molecule has 6 heteroatoms. The Hall–Kier alpha value is -2.73. The van der Waals surface area contributed by atoms with E-state index in [-0.39, 0.29) is 5.91 Å². The number of aromatic nitrogens is 2. The molecular weight excluding hydrogens is 322 g/mol. The smallest absolute Gasteiger partial charge is 0.257 e. The van der Waals surface area contributed by atoms with Gasteiger partial charge in [0.15, 0.2) is 0 Å². The molecule has 0 saturated carbocycles. The number of amides is 1. The van der Waals surface area contributed by atoms with E-state index in [2.05, 4.69) is 15.5 Å². The van der Waals surface area contributed by atoms with Crippen LogP contribution >= 0.6 is 11.3 Å². The van der Waals surface area contributed by atoms with Crippen molar-refractivity contribution in [1.82, 2.24) is 10.2 Å². The Morgan fingerprint density at radius 1 is 1.08 bits per heavy atom. The van der Waals surface area contributed by atoms with Gasteiger partial charge in [-0.15, -0.1) is 10.2 Å². The molecule has 1 N–H and O–H groups in total. The van der Waals surface area contributed by atoms with Gasteiger partial charge >= 0.3 is 0 Å². The lowest BCUT2D eigenvalue weighted by atomic mass is 10.2. The molecule has 0 aliphatic rings. The fraction of sp³-hybridized carbons (Fsp3) is 0.167. The minimum Gasteiger partial charge on any atom is -0.494 e. The van der Waals surface area contributed by atoms with Crippen molar-refractivity contribution < 1.29 is 9.53 Å². The van der Waals surface area contributed by atoms with Crippen LogP contribution in [0.5, 0.6) is 5.75 Å². The number of hydrogen-bond acceptors (Lipinski definition) is 5. The normalized spacial score (nSPS) is 10.4. The molecule has 0 aliphatic carbocycles. The van der Waals surface area contributed by atoms with Gasteiger partial charge in [0.05, 0.1) is 6.61 Å². The highest BCUT2D eigenvalue weighted by molar-refractivity contribution is 7.15. The molecule has 122 valence electrons. The SMILES string of the molecule is CCOc1ccc(C(=O)Nc2nnc(Cc3ccccc3)s2)cc1. The van der Waals surface area contributed by atoms with E-state index in [0.717, 1.165) is 16.3 Å². The van der Waals surface area contributed by atoms with Crippen molar-refractivity contribution in [3.05, 3.63) is 70.7 Å². The number of hydrogen-bond donors (Lipinski definition) is 1. The highest BCUT2D eigenvalue weighted by Crippen LogP contribution is 2.20. The average Bonchev–Trinajstić information content (AvgIpc) is 3.03. The Bertz CT molecular complexity index is 801. The van der Waals surface area contributed by atoms with Crippen molar-refractivity contribution in [2.24, 2.45) is 0 Å². The van der Waals surface area contributed by atoms with Crippen molar-refractivity contribution in [3.63, 3.8) is 0 Å². The Labute approximate surface area is 144 Å². The maximum Gasteiger partial charge on any atom is 0.257 e. The first-order valence-corrected chi connectivity index (χ1v) is 8.47. The molecule has 3 rings (SSSR count). The van der Waals surface area contributed by atoms with Gasteiger partial charge in [0, 0.05) is 12.0 Å². The number of rotatable bonds is 6. The Balaban J connectivity index is 1.62. The van der Waals surface area contributed by atoms with Crippen LogP contribution in [0.1, 0.15) is 27.9 Å². The number of nitrogens with zero attached hydrogens (tertiary/aromatic N) is 2. The van der Waals surface area contributed by atoms with E-state index in [1.807, 2.05) is 37.3 Å². The van der Waals surface area contributed by atoms with Gasteiger partial charge in [0.2, 0.25) is 5.13 Å². The summed E-state index contributed by atoms with van der Waals surface area (Å²) in [5.74, 6) is 0.538. The lowest BCUT2D eigenvalue weighted by Gasteiger charge is -2.04. The van der Waals surface area contributed by atoms with Gasteiger partial charge in [-0.3, -0.25) is 10.1 Å². The molecule has 2 aromatic carbocycles. The van der Waals surface area contributed by atoms with E-state index in [1.54, 1.807) is 24.3 Å². The standard InChI is InChI=1S/C18H17N3O2S/c1-2-23-15-10-8-14(9-11-15)17(22)19-18-21-20-16(24-18)12-13-6-4-3-5-7-13/h3-11H,2,12H2,1H3,(H,19,21,22). The summed E-state index contributed by atoms with van der Waals surface area (Å²) >= 11 is 1.38. The lowest BCUT2D eigenvalue weighted by Crippen LogP contribution is -2.11. The number of ether oxygens (including phenoxy) is 1. The third-order valence-corrected chi connectivity index (χ3v) is 4.15. The highest BCUT2D eigenvalue weighted by Gasteiger charge is 2.10. The van der Waals surface area contributed by atoms with Crippen molar-refractivity contribution in [2.75, 3.05) is 11.9 Å². The first kappa shape index (κ1) is 16.1. The maximum atomic E-state index is 12.2. The molecule has 5 nitrogen and oxygen atoms in total. The summed E-state index contributed by atoms with van der Waals surface area (Å²) in [5.41, 5.74) is 1.72. The van der Waals surface area contributed by atoms with Crippen molar-refractivity contribution in [3.8, 4) is 5.75 Å². The van der Waals surface area contributed by atoms with Crippen LogP contribution in [-0.2, 0) is 6.42 Å². The minimum absolute atomic E-state index is 0.208. The monoisotopic (exact) mass is 339 g/mol. The molecule has 0 radical (unpaired) electrons. The molecule has 0 fully saturated rings. The average molecular weight is 339 g/mol. The van der Waals surface area contributed by atoms with Gasteiger partial charge in [-0.2, -0.15) is 0 Å².